The van der Waals surface area contributed by atoms with Crippen LogP contribution in [0.3, 0.4) is 0 Å². The van der Waals surface area contributed by atoms with Gasteiger partial charge in [0, 0.05) is 12.6 Å². The summed E-state index contributed by atoms with van der Waals surface area (Å²) >= 11 is 0. The van der Waals surface area contributed by atoms with E-state index in [1.807, 2.05) is 25.3 Å². The van der Waals surface area contributed by atoms with Gasteiger partial charge < -0.3 is 5.32 Å². The van der Waals surface area contributed by atoms with Crippen molar-refractivity contribution in [3.8, 4) is 0 Å². The van der Waals surface area contributed by atoms with Gasteiger partial charge >= 0.3 is 0 Å². The zero-order valence-corrected chi connectivity index (χ0v) is 16.1. The van der Waals surface area contributed by atoms with Crippen LogP contribution >= 0.6 is 0 Å². The Labute approximate surface area is 158 Å². The highest BCUT2D eigenvalue weighted by atomic mass is 32.2. The Morgan fingerprint density at radius 2 is 1.59 bits per heavy atom. The first-order valence-electron chi connectivity index (χ1n) is 8.11. The van der Waals surface area contributed by atoms with Crippen LogP contribution in [0.1, 0.15) is 18.1 Å². The molecule has 0 saturated carbocycles. The van der Waals surface area contributed by atoms with Crippen molar-refractivity contribution in [3.63, 3.8) is 0 Å². The topological polar surface area (TPSA) is 122 Å². The third-order valence-electron chi connectivity index (χ3n) is 3.71. The van der Waals surface area contributed by atoms with E-state index < -0.39 is 22.5 Å². The molecule has 0 atom stereocenters. The number of carbonyl (C=O) groups is 2. The molecule has 0 saturated heterocycles. The van der Waals surface area contributed by atoms with Crippen molar-refractivity contribution in [2.24, 2.45) is 5.84 Å². The number of nitrogens with zero attached hydrogens (tertiary/aromatic N) is 1. The summed E-state index contributed by atoms with van der Waals surface area (Å²) < 4.78 is 27.3. The molecule has 0 aromatic heterocycles. The Kier molecular flexibility index (Phi) is 6.19. The summed E-state index contributed by atoms with van der Waals surface area (Å²) in [6.07, 6.45) is 0. The van der Waals surface area contributed by atoms with Crippen LogP contribution in [0.4, 0.5) is 11.4 Å². The summed E-state index contributed by atoms with van der Waals surface area (Å²) in [6, 6.07) is 11.0. The van der Waals surface area contributed by atoms with E-state index >= 15 is 0 Å². The van der Waals surface area contributed by atoms with Crippen LogP contribution in [0.25, 0.3) is 0 Å². The normalized spacial score (nSPS) is 11.0. The van der Waals surface area contributed by atoms with Crippen LogP contribution in [-0.4, -0.2) is 26.8 Å². The molecular formula is C18H22N4O4S. The Balaban J connectivity index is 2.49. The van der Waals surface area contributed by atoms with Crippen molar-refractivity contribution in [2.75, 3.05) is 16.2 Å². The lowest BCUT2D eigenvalue weighted by molar-refractivity contribution is -0.119. The number of aryl methyl sites for hydroxylation is 2. The first kappa shape index (κ1) is 20.4. The quantitative estimate of drug-likeness (QED) is 0.391. The van der Waals surface area contributed by atoms with Crippen molar-refractivity contribution in [2.45, 2.75) is 25.7 Å². The molecule has 4 N–H and O–H groups in total. The molecule has 2 aromatic rings. The number of sulfonamides is 1. The molecule has 0 unspecified atom stereocenters. The number of anilines is 2. The molecule has 2 amide bonds. The van der Waals surface area contributed by atoms with Crippen LogP contribution in [0.15, 0.2) is 47.4 Å². The number of hydrazine groups is 1. The molecule has 0 bridgehead atoms. The SMILES string of the molecule is CC(=O)Nc1ccc(S(=O)(=O)N(CC(=O)NN)c2cc(C)cc(C)c2)cc1. The number of benzene rings is 2. The van der Waals surface area contributed by atoms with E-state index in [2.05, 4.69) is 5.32 Å². The van der Waals surface area contributed by atoms with Crippen LogP contribution in [-0.2, 0) is 19.6 Å². The zero-order chi connectivity index (χ0) is 20.2. The molecule has 2 rings (SSSR count). The van der Waals surface area contributed by atoms with Crippen molar-refractivity contribution >= 4 is 33.2 Å². The Morgan fingerprint density at radius 3 is 2.07 bits per heavy atom. The first-order chi connectivity index (χ1) is 12.6. The summed E-state index contributed by atoms with van der Waals surface area (Å²) in [5.74, 6) is 4.24. The maximum atomic E-state index is 13.2. The van der Waals surface area contributed by atoms with Crippen molar-refractivity contribution in [3.05, 3.63) is 53.6 Å². The van der Waals surface area contributed by atoms with Crippen LogP contribution in [0.5, 0.6) is 0 Å². The highest BCUT2D eigenvalue weighted by molar-refractivity contribution is 7.92. The largest absolute Gasteiger partial charge is 0.326 e. The molecule has 0 heterocycles. The lowest BCUT2D eigenvalue weighted by Gasteiger charge is -2.24. The minimum Gasteiger partial charge on any atom is -0.326 e. The van der Waals surface area contributed by atoms with Gasteiger partial charge in [-0.05, 0) is 61.4 Å². The van der Waals surface area contributed by atoms with Gasteiger partial charge in [0.15, 0.2) is 0 Å². The number of hydrogen-bond acceptors (Lipinski definition) is 5. The average molecular weight is 390 g/mol. The standard InChI is InChI=1S/C18H22N4O4S/c1-12-8-13(2)10-16(9-12)22(11-18(24)21-19)27(25,26)17-6-4-15(5-7-17)20-14(3)23/h4-10H,11,19H2,1-3H3,(H,20,23)(H,21,24). The number of hydrogen-bond donors (Lipinski definition) is 3. The Morgan fingerprint density at radius 1 is 1.04 bits per heavy atom. The summed E-state index contributed by atoms with van der Waals surface area (Å²) in [5.41, 5.74) is 4.51. The summed E-state index contributed by atoms with van der Waals surface area (Å²) in [5, 5.41) is 2.57. The van der Waals surface area contributed by atoms with E-state index in [0.29, 0.717) is 11.4 Å². The van der Waals surface area contributed by atoms with Gasteiger partial charge in [-0.2, -0.15) is 0 Å². The second-order valence-electron chi connectivity index (χ2n) is 6.13. The van der Waals surface area contributed by atoms with E-state index in [9.17, 15) is 18.0 Å². The van der Waals surface area contributed by atoms with Crippen molar-refractivity contribution in [1.29, 1.82) is 0 Å². The van der Waals surface area contributed by atoms with Gasteiger partial charge in [0.1, 0.15) is 6.54 Å². The van der Waals surface area contributed by atoms with Gasteiger partial charge in [-0.15, -0.1) is 0 Å². The fourth-order valence-electron chi connectivity index (χ4n) is 2.63. The zero-order valence-electron chi connectivity index (χ0n) is 15.3. The van der Waals surface area contributed by atoms with E-state index in [1.165, 1.54) is 31.2 Å². The van der Waals surface area contributed by atoms with Gasteiger partial charge in [-0.25, -0.2) is 14.3 Å². The monoisotopic (exact) mass is 390 g/mol. The van der Waals surface area contributed by atoms with E-state index in [1.54, 1.807) is 12.1 Å². The average Bonchev–Trinajstić information content (AvgIpc) is 2.58. The predicted octanol–water partition coefficient (Wildman–Crippen LogP) is 1.45. The maximum absolute atomic E-state index is 13.2. The summed E-state index contributed by atoms with van der Waals surface area (Å²) in [7, 11) is -4.03. The minimum absolute atomic E-state index is 0.0133. The molecule has 0 aliphatic rings. The smallest absolute Gasteiger partial charge is 0.264 e. The second kappa shape index (κ2) is 8.19. The number of nitrogens with one attached hydrogen (secondary N) is 2. The number of amides is 2. The maximum Gasteiger partial charge on any atom is 0.264 e. The predicted molar refractivity (Wildman–Crippen MR) is 104 cm³/mol. The van der Waals surface area contributed by atoms with Crippen LogP contribution in [0, 0.1) is 13.8 Å². The molecule has 0 aliphatic carbocycles. The fourth-order valence-corrected chi connectivity index (χ4v) is 4.03. The summed E-state index contributed by atoms with van der Waals surface area (Å²) in [6.45, 7) is 4.58. The third-order valence-corrected chi connectivity index (χ3v) is 5.49. The molecule has 144 valence electrons. The minimum atomic E-state index is -4.03. The molecule has 0 spiro atoms. The molecule has 0 radical (unpaired) electrons. The Bertz CT molecular complexity index is 936. The van der Waals surface area contributed by atoms with Gasteiger partial charge in [0.05, 0.1) is 10.6 Å². The molecule has 2 aromatic carbocycles. The summed E-state index contributed by atoms with van der Waals surface area (Å²) in [4.78, 5) is 22.9. The van der Waals surface area contributed by atoms with Crippen molar-refractivity contribution in [1.82, 2.24) is 5.43 Å². The number of nitrogens with two attached hydrogens (primary N) is 1. The van der Waals surface area contributed by atoms with Gasteiger partial charge in [-0.1, -0.05) is 6.07 Å². The van der Waals surface area contributed by atoms with Crippen LogP contribution in [0.2, 0.25) is 0 Å². The number of carbonyl (C=O) groups excluding carboxylic acids is 2. The number of rotatable bonds is 6. The van der Waals surface area contributed by atoms with Crippen molar-refractivity contribution < 1.29 is 18.0 Å². The molecule has 0 aliphatic heterocycles. The highest BCUT2D eigenvalue weighted by Crippen LogP contribution is 2.26. The molecular weight excluding hydrogens is 368 g/mol. The molecule has 27 heavy (non-hydrogen) atoms. The Hall–Kier alpha value is -2.91. The van der Waals surface area contributed by atoms with E-state index in [-0.39, 0.29) is 10.8 Å². The molecule has 8 nitrogen and oxygen atoms in total. The highest BCUT2D eigenvalue weighted by Gasteiger charge is 2.27. The van der Waals surface area contributed by atoms with E-state index in [4.69, 9.17) is 5.84 Å². The van der Waals surface area contributed by atoms with Gasteiger partial charge in [0.2, 0.25) is 5.91 Å². The third kappa shape index (κ3) is 5.05. The lowest BCUT2D eigenvalue weighted by atomic mass is 10.1. The first-order valence-corrected chi connectivity index (χ1v) is 9.55. The fraction of sp³-hybridized carbons (Fsp3) is 0.222. The molecule has 0 fully saturated rings. The lowest BCUT2D eigenvalue weighted by Crippen LogP contribution is -2.43. The second-order valence-corrected chi connectivity index (χ2v) is 7.99. The van der Waals surface area contributed by atoms with Gasteiger partial charge in [0.25, 0.3) is 15.9 Å². The van der Waals surface area contributed by atoms with E-state index in [0.717, 1.165) is 15.4 Å². The van der Waals surface area contributed by atoms with Crippen LogP contribution < -0.4 is 20.9 Å². The van der Waals surface area contributed by atoms with Gasteiger partial charge in [-0.3, -0.25) is 19.3 Å². The molecule has 9 heteroatoms.